The fourth-order valence-corrected chi connectivity index (χ4v) is 2.73. The molecule has 0 N–H and O–H groups in total. The van der Waals surface area contributed by atoms with Crippen molar-refractivity contribution in [3.63, 3.8) is 0 Å². The second kappa shape index (κ2) is 5.59. The van der Waals surface area contributed by atoms with Gasteiger partial charge in [0.05, 0.1) is 0 Å². The molecule has 1 aromatic rings. The second-order valence-electron chi connectivity index (χ2n) is 4.14. The molecular weight excluding hydrogens is 220 g/mol. The highest BCUT2D eigenvalue weighted by Crippen LogP contribution is 2.16. The van der Waals surface area contributed by atoms with Gasteiger partial charge in [-0.25, -0.2) is 0 Å². The van der Waals surface area contributed by atoms with E-state index in [4.69, 9.17) is 13.9 Å². The quantitative estimate of drug-likeness (QED) is 0.582. The highest BCUT2D eigenvalue weighted by molar-refractivity contribution is 6.84. The standard InChI is InChI=1S/C12H20O3Si/c1-13-12(14-2)10-6-8-11(9-7-10)16(4,5)15-3/h6-9,12H,1-5H3. The Morgan fingerprint density at radius 2 is 1.44 bits per heavy atom. The van der Waals surface area contributed by atoms with Crippen molar-refractivity contribution < 1.29 is 13.9 Å². The molecule has 1 rings (SSSR count). The van der Waals surface area contributed by atoms with Gasteiger partial charge in [0, 0.05) is 26.9 Å². The van der Waals surface area contributed by atoms with Gasteiger partial charge in [0.15, 0.2) is 6.29 Å². The van der Waals surface area contributed by atoms with Crippen molar-refractivity contribution in [1.29, 1.82) is 0 Å². The van der Waals surface area contributed by atoms with Crippen LogP contribution in [0.4, 0.5) is 0 Å². The first kappa shape index (κ1) is 13.4. The fraction of sp³-hybridized carbons (Fsp3) is 0.500. The SMILES string of the molecule is COC(OC)c1ccc([Si](C)(C)OC)cc1. The van der Waals surface area contributed by atoms with Gasteiger partial charge in [0.25, 0.3) is 0 Å². The Bertz CT molecular complexity index is 318. The Balaban J connectivity index is 2.90. The van der Waals surface area contributed by atoms with E-state index in [0.29, 0.717) is 0 Å². The highest BCUT2D eigenvalue weighted by Gasteiger charge is 2.23. The first-order valence-electron chi connectivity index (χ1n) is 5.26. The van der Waals surface area contributed by atoms with Crippen LogP contribution in [-0.2, 0) is 13.9 Å². The van der Waals surface area contributed by atoms with Crippen LogP contribution in [0.25, 0.3) is 0 Å². The lowest BCUT2D eigenvalue weighted by Crippen LogP contribution is -2.43. The van der Waals surface area contributed by atoms with Gasteiger partial charge in [-0.15, -0.1) is 0 Å². The number of hydrogen-bond acceptors (Lipinski definition) is 3. The van der Waals surface area contributed by atoms with E-state index >= 15 is 0 Å². The molecule has 0 saturated carbocycles. The lowest BCUT2D eigenvalue weighted by molar-refractivity contribution is -0.106. The number of benzene rings is 1. The molecule has 0 amide bonds. The average Bonchev–Trinajstić information content (AvgIpc) is 2.31. The largest absolute Gasteiger partial charge is 0.416 e. The van der Waals surface area contributed by atoms with Gasteiger partial charge >= 0.3 is 0 Å². The highest BCUT2D eigenvalue weighted by atomic mass is 28.4. The van der Waals surface area contributed by atoms with E-state index in [2.05, 4.69) is 25.2 Å². The third kappa shape index (κ3) is 2.92. The predicted octanol–water partition coefficient (Wildman–Crippen LogP) is 2.04. The molecule has 0 bridgehead atoms. The normalized spacial score (nSPS) is 12.1. The van der Waals surface area contributed by atoms with Gasteiger partial charge in [-0.1, -0.05) is 24.3 Å². The summed E-state index contributed by atoms with van der Waals surface area (Å²) >= 11 is 0. The van der Waals surface area contributed by atoms with Crippen molar-refractivity contribution in [2.24, 2.45) is 0 Å². The third-order valence-corrected chi connectivity index (χ3v) is 5.56. The molecule has 0 fully saturated rings. The van der Waals surface area contributed by atoms with Gasteiger partial charge in [0.2, 0.25) is 8.32 Å². The maximum Gasteiger partial charge on any atom is 0.217 e. The summed E-state index contributed by atoms with van der Waals surface area (Å²) < 4.78 is 15.9. The van der Waals surface area contributed by atoms with Crippen LogP contribution in [0.15, 0.2) is 24.3 Å². The van der Waals surface area contributed by atoms with Crippen LogP contribution in [0.2, 0.25) is 13.1 Å². The van der Waals surface area contributed by atoms with Crippen molar-refractivity contribution >= 4 is 13.5 Å². The molecule has 0 atom stereocenters. The molecule has 16 heavy (non-hydrogen) atoms. The topological polar surface area (TPSA) is 27.7 Å². The first-order valence-corrected chi connectivity index (χ1v) is 8.17. The molecule has 4 heteroatoms. The third-order valence-electron chi connectivity index (χ3n) is 2.82. The molecule has 0 aromatic heterocycles. The zero-order valence-electron chi connectivity index (χ0n) is 10.6. The Morgan fingerprint density at radius 3 is 1.81 bits per heavy atom. The minimum atomic E-state index is -1.71. The van der Waals surface area contributed by atoms with Crippen LogP contribution in [0.3, 0.4) is 0 Å². The van der Waals surface area contributed by atoms with E-state index in [1.54, 1.807) is 21.3 Å². The zero-order chi connectivity index (χ0) is 12.2. The monoisotopic (exact) mass is 240 g/mol. The van der Waals surface area contributed by atoms with E-state index in [9.17, 15) is 0 Å². The van der Waals surface area contributed by atoms with Crippen LogP contribution >= 0.6 is 0 Å². The molecule has 0 radical (unpaired) electrons. The summed E-state index contributed by atoms with van der Waals surface area (Å²) in [6, 6.07) is 8.24. The minimum Gasteiger partial charge on any atom is -0.416 e. The summed E-state index contributed by atoms with van der Waals surface area (Å²) in [5, 5.41) is 1.27. The van der Waals surface area contributed by atoms with Crippen LogP contribution in [0.1, 0.15) is 11.9 Å². The van der Waals surface area contributed by atoms with Gasteiger partial charge in [-0.3, -0.25) is 0 Å². The molecule has 0 aliphatic rings. The Hall–Kier alpha value is -0.683. The van der Waals surface area contributed by atoms with Gasteiger partial charge < -0.3 is 13.9 Å². The second-order valence-corrected chi connectivity index (χ2v) is 8.15. The van der Waals surface area contributed by atoms with Crippen LogP contribution in [-0.4, -0.2) is 29.6 Å². The molecule has 1 aromatic carbocycles. The number of rotatable bonds is 5. The van der Waals surface area contributed by atoms with E-state index < -0.39 is 8.32 Å². The maximum atomic E-state index is 5.55. The van der Waals surface area contributed by atoms with Crippen molar-refractivity contribution in [3.8, 4) is 0 Å². The number of methoxy groups -OCH3 is 2. The van der Waals surface area contributed by atoms with E-state index in [-0.39, 0.29) is 6.29 Å². The Morgan fingerprint density at radius 1 is 0.938 bits per heavy atom. The summed E-state index contributed by atoms with van der Waals surface area (Å²) in [7, 11) is 3.33. The number of hydrogen-bond donors (Lipinski definition) is 0. The van der Waals surface area contributed by atoms with Gasteiger partial charge in [0.1, 0.15) is 0 Å². The van der Waals surface area contributed by atoms with Gasteiger partial charge in [-0.05, 0) is 18.3 Å². The first-order chi connectivity index (χ1) is 7.55. The van der Waals surface area contributed by atoms with Crippen LogP contribution < -0.4 is 5.19 Å². The summed E-state index contributed by atoms with van der Waals surface area (Å²) in [5.41, 5.74) is 1.02. The summed E-state index contributed by atoms with van der Waals surface area (Å²) in [6.07, 6.45) is -0.290. The molecule has 0 heterocycles. The molecule has 0 unspecified atom stereocenters. The molecular formula is C12H20O3Si. The number of ether oxygens (including phenoxy) is 2. The summed E-state index contributed by atoms with van der Waals surface area (Å²) in [5.74, 6) is 0. The minimum absolute atomic E-state index is 0.290. The summed E-state index contributed by atoms with van der Waals surface area (Å²) in [6.45, 7) is 4.35. The molecule has 3 nitrogen and oxygen atoms in total. The Labute approximate surface area is 98.5 Å². The molecule has 0 saturated heterocycles. The summed E-state index contributed by atoms with van der Waals surface area (Å²) in [4.78, 5) is 0. The molecule has 90 valence electrons. The lowest BCUT2D eigenvalue weighted by Gasteiger charge is -2.21. The Kier molecular flexibility index (Phi) is 4.67. The predicted molar refractivity (Wildman–Crippen MR) is 67.3 cm³/mol. The van der Waals surface area contributed by atoms with E-state index in [0.717, 1.165) is 5.56 Å². The maximum absolute atomic E-state index is 5.55. The fourth-order valence-electron chi connectivity index (χ4n) is 1.53. The lowest BCUT2D eigenvalue weighted by atomic mass is 10.2. The van der Waals surface area contributed by atoms with E-state index in [1.807, 2.05) is 12.1 Å². The van der Waals surface area contributed by atoms with Crippen molar-refractivity contribution in [2.45, 2.75) is 19.4 Å². The van der Waals surface area contributed by atoms with Crippen molar-refractivity contribution in [3.05, 3.63) is 29.8 Å². The van der Waals surface area contributed by atoms with Crippen LogP contribution in [0.5, 0.6) is 0 Å². The smallest absolute Gasteiger partial charge is 0.217 e. The molecule has 0 aliphatic carbocycles. The van der Waals surface area contributed by atoms with E-state index in [1.165, 1.54) is 5.19 Å². The zero-order valence-corrected chi connectivity index (χ0v) is 11.6. The average molecular weight is 240 g/mol. The van der Waals surface area contributed by atoms with Gasteiger partial charge in [-0.2, -0.15) is 0 Å². The van der Waals surface area contributed by atoms with Crippen LogP contribution in [0, 0.1) is 0 Å². The van der Waals surface area contributed by atoms with Crippen molar-refractivity contribution in [1.82, 2.24) is 0 Å². The molecule has 0 spiro atoms. The molecule has 0 aliphatic heterocycles. The van der Waals surface area contributed by atoms with Crippen molar-refractivity contribution in [2.75, 3.05) is 21.3 Å².